The van der Waals surface area contributed by atoms with Crippen molar-refractivity contribution in [2.45, 2.75) is 13.8 Å². The summed E-state index contributed by atoms with van der Waals surface area (Å²) in [6.07, 6.45) is 0. The number of nitrogens with two attached hydrogens (primary N) is 1. The monoisotopic (exact) mass is 107 g/mol. The quantitative estimate of drug-likeness (QED) is 0.340. The van der Waals surface area contributed by atoms with Gasteiger partial charge in [0.2, 0.25) is 0 Å². The van der Waals surface area contributed by atoms with E-state index in [9.17, 15) is 0 Å². The van der Waals surface area contributed by atoms with Crippen molar-refractivity contribution in [3.05, 3.63) is 0 Å². The highest BCUT2D eigenvalue weighted by molar-refractivity contribution is 4.38. The summed E-state index contributed by atoms with van der Waals surface area (Å²) in [7, 11) is 0. The van der Waals surface area contributed by atoms with Crippen molar-refractivity contribution in [3.63, 3.8) is 0 Å². The van der Waals surface area contributed by atoms with Crippen LogP contribution in [0.25, 0.3) is 0 Å². The molecule has 0 bridgehead atoms. The van der Waals surface area contributed by atoms with Crippen molar-refractivity contribution in [1.29, 1.82) is 0 Å². The molecule has 4 N–H and O–H groups in total. The highest BCUT2D eigenvalue weighted by Gasteiger charge is 1.80. The van der Waals surface area contributed by atoms with E-state index in [2.05, 4.69) is 13.8 Å². The van der Waals surface area contributed by atoms with Crippen molar-refractivity contribution in [1.82, 2.24) is 0 Å². The van der Waals surface area contributed by atoms with Gasteiger partial charge in [0.1, 0.15) is 0 Å². The largest absolute Gasteiger partial charge is 0.330 e. The van der Waals surface area contributed by atoms with E-state index in [1.54, 1.807) is 0 Å². The molecule has 7 heavy (non-hydrogen) atoms. The molecule has 0 aromatic rings. The van der Waals surface area contributed by atoms with E-state index in [1.807, 2.05) is 0 Å². The van der Waals surface area contributed by atoms with Gasteiger partial charge in [0.25, 0.3) is 0 Å². The molecule has 0 aliphatic rings. The maximum absolute atomic E-state index is 6.00. The Kier molecular flexibility index (Phi) is 13.3. The summed E-state index contributed by atoms with van der Waals surface area (Å²) in [6.45, 7) is 5.00. The van der Waals surface area contributed by atoms with E-state index in [4.69, 9.17) is 16.2 Å². The first-order valence-corrected chi connectivity index (χ1v) is 2.17. The van der Waals surface area contributed by atoms with Gasteiger partial charge in [0.05, 0.1) is 0 Å². The molecule has 0 aliphatic heterocycles. The molecular weight excluding hydrogens is 94.0 g/mol. The first kappa shape index (κ1) is 9.99. The Bertz CT molecular complexity index is 23.7. The van der Waals surface area contributed by atoms with Gasteiger partial charge in [-0.05, 0) is 12.5 Å². The van der Waals surface area contributed by atoms with Crippen LogP contribution in [0.3, 0.4) is 0 Å². The Balaban J connectivity index is 0. The van der Waals surface area contributed by atoms with Gasteiger partial charge in [-0.2, -0.15) is 0 Å². The molecule has 0 aromatic carbocycles. The number of rotatable bonds is 1. The fourth-order valence-corrected chi connectivity index (χ4v) is 0. The highest BCUT2D eigenvalue weighted by Crippen LogP contribution is 1.81. The zero-order valence-electron chi connectivity index (χ0n) is 4.76. The molecule has 0 rings (SSSR count). The fourth-order valence-electron chi connectivity index (χ4n) is 0. The lowest BCUT2D eigenvalue weighted by Crippen LogP contribution is -2.05. The van der Waals surface area contributed by atoms with Gasteiger partial charge in [-0.1, -0.05) is 13.8 Å². The van der Waals surface area contributed by atoms with Gasteiger partial charge < -0.3 is 5.73 Å². The van der Waals surface area contributed by atoms with Gasteiger partial charge in [0, 0.05) is 0 Å². The van der Waals surface area contributed by atoms with Crippen LogP contribution in [0.1, 0.15) is 13.8 Å². The first-order valence-electron chi connectivity index (χ1n) is 2.17. The Hall–Kier alpha value is -0.120. The lowest BCUT2D eigenvalue weighted by atomic mass is 10.2. The van der Waals surface area contributed by atoms with Gasteiger partial charge in [-0.25, -0.2) is 0 Å². The summed E-state index contributed by atoms with van der Waals surface area (Å²) >= 11 is 0. The molecule has 3 heteroatoms. The molecule has 46 valence electrons. The molecule has 0 unspecified atom stereocenters. The summed E-state index contributed by atoms with van der Waals surface area (Å²) in [5, 5.41) is 12.0. The summed E-state index contributed by atoms with van der Waals surface area (Å²) < 4.78 is 0. The van der Waals surface area contributed by atoms with Crippen LogP contribution < -0.4 is 5.73 Å². The van der Waals surface area contributed by atoms with Crippen molar-refractivity contribution < 1.29 is 10.5 Å². The molecule has 0 fully saturated rings. The number of hydrogen-bond donors (Lipinski definition) is 3. The van der Waals surface area contributed by atoms with E-state index < -0.39 is 0 Å². The molecule has 0 amide bonds. The number of hydrogen-bond acceptors (Lipinski definition) is 3. The van der Waals surface area contributed by atoms with Crippen molar-refractivity contribution in [2.24, 2.45) is 11.7 Å². The molecule has 0 radical (unpaired) electrons. The molecule has 0 aromatic heterocycles. The summed E-state index contributed by atoms with van der Waals surface area (Å²) in [5.41, 5.74) is 5.17. The topological polar surface area (TPSA) is 66.5 Å². The zero-order valence-corrected chi connectivity index (χ0v) is 4.76. The third-order valence-corrected chi connectivity index (χ3v) is 0.471. The maximum atomic E-state index is 6.00. The standard InChI is InChI=1S/C4H11N.H2O2/c1-4(2)3-5;1-2/h4H,3,5H2,1-2H3;1-2H. The summed E-state index contributed by atoms with van der Waals surface area (Å²) in [5.74, 6) is 0.662. The average Bonchev–Trinajstić information content (AvgIpc) is 1.73. The van der Waals surface area contributed by atoms with Gasteiger partial charge in [-0.3, -0.25) is 10.5 Å². The minimum atomic E-state index is 0.662. The summed E-state index contributed by atoms with van der Waals surface area (Å²) in [4.78, 5) is 0. The molecule has 0 spiro atoms. The van der Waals surface area contributed by atoms with Crippen molar-refractivity contribution in [2.75, 3.05) is 6.54 Å². The van der Waals surface area contributed by atoms with Crippen LogP contribution >= 0.6 is 0 Å². The second-order valence-corrected chi connectivity index (χ2v) is 1.63. The second kappa shape index (κ2) is 9.30. The lowest BCUT2D eigenvalue weighted by molar-refractivity contribution is -0.176. The molecule has 0 atom stereocenters. The van der Waals surface area contributed by atoms with Crippen LogP contribution in [-0.2, 0) is 0 Å². The average molecular weight is 107 g/mol. The van der Waals surface area contributed by atoms with E-state index in [0.29, 0.717) is 5.92 Å². The first-order chi connectivity index (χ1) is 3.27. The summed E-state index contributed by atoms with van der Waals surface area (Å²) in [6, 6.07) is 0. The molecule has 0 heterocycles. The minimum Gasteiger partial charge on any atom is -0.330 e. The van der Waals surface area contributed by atoms with Gasteiger partial charge >= 0.3 is 0 Å². The predicted molar refractivity (Wildman–Crippen MR) is 29.1 cm³/mol. The molecule has 0 saturated heterocycles. The lowest BCUT2D eigenvalue weighted by Gasteiger charge is -1.91. The predicted octanol–water partition coefficient (Wildman–Crippen LogP) is 0.619. The second-order valence-electron chi connectivity index (χ2n) is 1.63. The maximum Gasteiger partial charge on any atom is -0.00541 e. The third kappa shape index (κ3) is 25.0. The van der Waals surface area contributed by atoms with Crippen LogP contribution in [0.4, 0.5) is 0 Å². The Morgan fingerprint density at radius 3 is 1.57 bits per heavy atom. The van der Waals surface area contributed by atoms with Crippen LogP contribution in [0.2, 0.25) is 0 Å². The molecule has 0 aliphatic carbocycles. The van der Waals surface area contributed by atoms with E-state index in [0.717, 1.165) is 6.54 Å². The molecule has 0 saturated carbocycles. The Labute approximate surface area is 43.7 Å². The molecular formula is C4H13NO2. The minimum absolute atomic E-state index is 0.662. The Morgan fingerprint density at radius 2 is 1.57 bits per heavy atom. The Morgan fingerprint density at radius 1 is 1.43 bits per heavy atom. The third-order valence-electron chi connectivity index (χ3n) is 0.471. The van der Waals surface area contributed by atoms with Crippen molar-refractivity contribution in [3.8, 4) is 0 Å². The van der Waals surface area contributed by atoms with Crippen molar-refractivity contribution >= 4 is 0 Å². The van der Waals surface area contributed by atoms with Crippen LogP contribution in [0, 0.1) is 5.92 Å². The van der Waals surface area contributed by atoms with E-state index >= 15 is 0 Å². The molecule has 3 nitrogen and oxygen atoms in total. The smallest absolute Gasteiger partial charge is 0.00541 e. The normalized spacial score (nSPS) is 7.71. The van der Waals surface area contributed by atoms with E-state index in [1.165, 1.54) is 0 Å². The van der Waals surface area contributed by atoms with Crippen LogP contribution in [-0.4, -0.2) is 17.1 Å². The fraction of sp³-hybridized carbons (Fsp3) is 1.00. The van der Waals surface area contributed by atoms with Crippen LogP contribution in [0.15, 0.2) is 0 Å². The van der Waals surface area contributed by atoms with Gasteiger partial charge in [0.15, 0.2) is 0 Å². The van der Waals surface area contributed by atoms with Gasteiger partial charge in [-0.15, -0.1) is 0 Å². The highest BCUT2D eigenvalue weighted by atomic mass is 17.0. The van der Waals surface area contributed by atoms with E-state index in [-0.39, 0.29) is 0 Å². The SMILES string of the molecule is CC(C)CN.OO. The van der Waals surface area contributed by atoms with Crippen LogP contribution in [0.5, 0.6) is 0 Å². The zero-order chi connectivity index (χ0) is 6.28.